The lowest BCUT2D eigenvalue weighted by Gasteiger charge is -2.28. The molecule has 1 heterocycles. The van der Waals surface area contributed by atoms with Crippen LogP contribution in [0.3, 0.4) is 0 Å². The Kier molecular flexibility index (Phi) is 2.39. The van der Waals surface area contributed by atoms with Gasteiger partial charge in [0, 0.05) is 10.8 Å². The van der Waals surface area contributed by atoms with E-state index >= 15 is 0 Å². The largest absolute Gasteiger partial charge is 0.469 e. The SMILES string of the molecule is O=C1CC(Oc2c3ccccc3cc3ccccc23)N1. The van der Waals surface area contributed by atoms with Crippen LogP contribution in [-0.4, -0.2) is 12.1 Å². The first kappa shape index (κ1) is 11.3. The second-order valence-corrected chi connectivity index (χ2v) is 5.03. The van der Waals surface area contributed by atoms with Gasteiger partial charge in [0.15, 0.2) is 6.23 Å². The molecular weight excluding hydrogens is 250 g/mol. The van der Waals surface area contributed by atoms with Gasteiger partial charge in [-0.05, 0) is 16.8 Å². The fourth-order valence-corrected chi connectivity index (χ4v) is 2.64. The number of nitrogens with one attached hydrogen (secondary N) is 1. The molecule has 1 aliphatic heterocycles. The van der Waals surface area contributed by atoms with E-state index < -0.39 is 0 Å². The van der Waals surface area contributed by atoms with Crippen molar-refractivity contribution in [3.05, 3.63) is 54.6 Å². The van der Waals surface area contributed by atoms with Gasteiger partial charge in [0.2, 0.25) is 5.91 Å². The number of amides is 1. The summed E-state index contributed by atoms with van der Waals surface area (Å²) in [7, 11) is 0. The molecule has 0 aliphatic carbocycles. The number of carbonyl (C=O) groups is 1. The maximum atomic E-state index is 11.0. The zero-order valence-corrected chi connectivity index (χ0v) is 10.8. The number of ether oxygens (including phenoxy) is 1. The summed E-state index contributed by atoms with van der Waals surface area (Å²) in [5.41, 5.74) is 0. The molecule has 0 aromatic heterocycles. The topological polar surface area (TPSA) is 38.3 Å². The van der Waals surface area contributed by atoms with E-state index in [-0.39, 0.29) is 12.1 Å². The van der Waals surface area contributed by atoms with Gasteiger partial charge in [0.05, 0.1) is 6.42 Å². The molecular formula is C17H13NO2. The smallest absolute Gasteiger partial charge is 0.228 e. The molecule has 4 rings (SSSR count). The van der Waals surface area contributed by atoms with E-state index in [9.17, 15) is 4.79 Å². The van der Waals surface area contributed by atoms with E-state index in [1.807, 2.05) is 24.3 Å². The Bertz CT molecular complexity index is 763. The van der Waals surface area contributed by atoms with Crippen molar-refractivity contribution in [1.82, 2.24) is 5.32 Å². The molecule has 20 heavy (non-hydrogen) atoms. The highest BCUT2D eigenvalue weighted by Gasteiger charge is 2.27. The van der Waals surface area contributed by atoms with E-state index in [4.69, 9.17) is 4.74 Å². The number of hydrogen-bond donors (Lipinski definition) is 1. The van der Waals surface area contributed by atoms with Crippen molar-refractivity contribution in [3.63, 3.8) is 0 Å². The van der Waals surface area contributed by atoms with Crippen LogP contribution in [0.5, 0.6) is 5.75 Å². The average Bonchev–Trinajstić information content (AvgIpc) is 2.45. The fraction of sp³-hybridized carbons (Fsp3) is 0.118. The summed E-state index contributed by atoms with van der Waals surface area (Å²) in [6.45, 7) is 0. The monoisotopic (exact) mass is 263 g/mol. The van der Waals surface area contributed by atoms with Gasteiger partial charge in [-0.3, -0.25) is 4.79 Å². The molecule has 0 spiro atoms. The Morgan fingerprint density at radius 2 is 1.50 bits per heavy atom. The summed E-state index contributed by atoms with van der Waals surface area (Å²) in [6, 6.07) is 18.5. The Labute approximate surface area is 116 Å². The molecule has 3 aromatic rings. The molecule has 1 atom stereocenters. The minimum Gasteiger partial charge on any atom is -0.469 e. The van der Waals surface area contributed by atoms with Gasteiger partial charge in [-0.15, -0.1) is 0 Å². The van der Waals surface area contributed by atoms with Gasteiger partial charge >= 0.3 is 0 Å². The zero-order chi connectivity index (χ0) is 13.5. The maximum Gasteiger partial charge on any atom is 0.228 e. The number of benzene rings is 3. The normalized spacial score (nSPS) is 17.8. The molecule has 3 heteroatoms. The summed E-state index contributed by atoms with van der Waals surface area (Å²) < 4.78 is 6.02. The predicted octanol–water partition coefficient (Wildman–Crippen LogP) is 3.22. The summed E-state index contributed by atoms with van der Waals surface area (Å²) in [6.07, 6.45) is 0.217. The maximum absolute atomic E-state index is 11.0. The van der Waals surface area contributed by atoms with Gasteiger partial charge in [0.25, 0.3) is 0 Å². The first-order valence-corrected chi connectivity index (χ1v) is 6.68. The number of β-lactam (4-membered cyclic amide) rings is 1. The summed E-state index contributed by atoms with van der Waals surface area (Å²) >= 11 is 0. The van der Waals surface area contributed by atoms with Gasteiger partial charge < -0.3 is 10.1 Å². The van der Waals surface area contributed by atoms with Crippen LogP contribution in [0.2, 0.25) is 0 Å². The predicted molar refractivity (Wildman–Crippen MR) is 78.6 cm³/mol. The number of carbonyl (C=O) groups excluding carboxylic acids is 1. The number of hydrogen-bond acceptors (Lipinski definition) is 2. The van der Waals surface area contributed by atoms with Crippen LogP contribution >= 0.6 is 0 Å². The third-order valence-electron chi connectivity index (χ3n) is 3.67. The lowest BCUT2D eigenvalue weighted by molar-refractivity contribution is -0.134. The minimum absolute atomic E-state index is 0.0412. The lowest BCUT2D eigenvalue weighted by Crippen LogP contribution is -2.51. The first-order valence-electron chi connectivity index (χ1n) is 6.68. The molecule has 0 bridgehead atoms. The van der Waals surface area contributed by atoms with Crippen molar-refractivity contribution in [2.45, 2.75) is 12.6 Å². The Balaban J connectivity index is 1.94. The standard InChI is InChI=1S/C17H13NO2/c19-15-10-16(18-15)20-17-13-7-3-1-5-11(13)9-12-6-2-4-8-14(12)17/h1-9,16H,10H2,(H,18,19). The minimum atomic E-state index is -0.211. The fourth-order valence-electron chi connectivity index (χ4n) is 2.64. The Hall–Kier alpha value is -2.55. The highest BCUT2D eigenvalue weighted by atomic mass is 16.5. The Morgan fingerprint density at radius 1 is 0.950 bits per heavy atom. The van der Waals surface area contributed by atoms with E-state index in [1.54, 1.807) is 0 Å². The first-order chi connectivity index (χ1) is 9.81. The molecule has 1 aliphatic rings. The van der Waals surface area contributed by atoms with Crippen molar-refractivity contribution in [2.24, 2.45) is 0 Å². The molecule has 0 saturated carbocycles. The quantitative estimate of drug-likeness (QED) is 0.569. The second kappa shape index (κ2) is 4.23. The van der Waals surface area contributed by atoms with Crippen LogP contribution in [0.25, 0.3) is 21.5 Å². The molecule has 1 N–H and O–H groups in total. The van der Waals surface area contributed by atoms with Crippen LogP contribution in [-0.2, 0) is 4.79 Å². The van der Waals surface area contributed by atoms with Gasteiger partial charge in [0.1, 0.15) is 5.75 Å². The Morgan fingerprint density at radius 3 is 2.05 bits per heavy atom. The molecule has 3 aromatic carbocycles. The van der Waals surface area contributed by atoms with Crippen LogP contribution in [0.1, 0.15) is 6.42 Å². The molecule has 1 unspecified atom stereocenters. The van der Waals surface area contributed by atoms with Gasteiger partial charge in [-0.1, -0.05) is 48.5 Å². The summed E-state index contributed by atoms with van der Waals surface area (Å²) in [4.78, 5) is 11.0. The molecule has 98 valence electrons. The van der Waals surface area contributed by atoms with E-state index in [1.165, 1.54) is 0 Å². The number of fused-ring (bicyclic) bond motifs is 2. The van der Waals surface area contributed by atoms with Crippen LogP contribution < -0.4 is 10.1 Å². The van der Waals surface area contributed by atoms with Gasteiger partial charge in [-0.25, -0.2) is 0 Å². The summed E-state index contributed by atoms with van der Waals surface area (Å²) in [5.74, 6) is 0.892. The second-order valence-electron chi connectivity index (χ2n) is 5.03. The van der Waals surface area contributed by atoms with Crippen molar-refractivity contribution < 1.29 is 9.53 Å². The highest BCUT2D eigenvalue weighted by molar-refractivity contribution is 6.05. The summed E-state index contributed by atoms with van der Waals surface area (Å²) in [5, 5.41) is 7.20. The van der Waals surface area contributed by atoms with Crippen LogP contribution in [0.15, 0.2) is 54.6 Å². The van der Waals surface area contributed by atoms with E-state index in [2.05, 4.69) is 35.6 Å². The number of rotatable bonds is 2. The van der Waals surface area contributed by atoms with Crippen molar-refractivity contribution >= 4 is 27.5 Å². The molecule has 1 fully saturated rings. The van der Waals surface area contributed by atoms with E-state index in [0.717, 1.165) is 27.3 Å². The molecule has 3 nitrogen and oxygen atoms in total. The van der Waals surface area contributed by atoms with Crippen molar-refractivity contribution in [3.8, 4) is 5.75 Å². The third kappa shape index (κ3) is 1.71. The lowest BCUT2D eigenvalue weighted by atomic mass is 10.0. The molecule has 1 amide bonds. The zero-order valence-electron chi connectivity index (χ0n) is 10.8. The third-order valence-corrected chi connectivity index (χ3v) is 3.67. The molecule has 1 saturated heterocycles. The molecule has 0 radical (unpaired) electrons. The average molecular weight is 263 g/mol. The van der Waals surface area contributed by atoms with Crippen LogP contribution in [0, 0.1) is 0 Å². The van der Waals surface area contributed by atoms with Crippen molar-refractivity contribution in [2.75, 3.05) is 0 Å². The van der Waals surface area contributed by atoms with Gasteiger partial charge in [-0.2, -0.15) is 0 Å². The van der Waals surface area contributed by atoms with Crippen molar-refractivity contribution in [1.29, 1.82) is 0 Å². The van der Waals surface area contributed by atoms with Crippen LogP contribution in [0.4, 0.5) is 0 Å². The highest BCUT2D eigenvalue weighted by Crippen LogP contribution is 2.35. The van der Waals surface area contributed by atoms with E-state index in [0.29, 0.717) is 6.42 Å².